The Morgan fingerprint density at radius 2 is 1.71 bits per heavy atom. The first-order valence-corrected chi connectivity index (χ1v) is 16.7. The fourth-order valence-corrected chi connectivity index (χ4v) is 6.99. The Labute approximate surface area is 237 Å². The van der Waals surface area contributed by atoms with Crippen LogP contribution in [0.15, 0.2) is 58.4 Å². The molecule has 0 aliphatic heterocycles. The molecular weight excluding hydrogens is 583 g/mol. The Kier molecular flexibility index (Phi) is 8.86. The highest BCUT2D eigenvalue weighted by Gasteiger charge is 2.49. The highest BCUT2D eigenvalue weighted by Crippen LogP contribution is 2.37. The zero-order chi connectivity index (χ0) is 30.1. The first kappa shape index (κ1) is 31.0. The normalized spacial score (nSPS) is 18.2. The van der Waals surface area contributed by atoms with E-state index in [9.17, 15) is 26.0 Å². The number of nitrogens with zero attached hydrogens (tertiary/aromatic N) is 1. The molecule has 0 saturated heterocycles. The molecule has 4 rings (SSSR count). The topological polar surface area (TPSA) is 131 Å². The highest BCUT2D eigenvalue weighted by atomic mass is 32.2. The van der Waals surface area contributed by atoms with E-state index in [1.165, 1.54) is 0 Å². The molecule has 0 heterocycles. The average molecular weight is 616 g/mol. The van der Waals surface area contributed by atoms with Gasteiger partial charge in [0, 0.05) is 6.26 Å². The van der Waals surface area contributed by atoms with E-state index in [1.54, 1.807) is 0 Å². The molecule has 2 aromatic rings. The number of hydrogen-bond acceptors (Lipinski definition) is 8. The summed E-state index contributed by atoms with van der Waals surface area (Å²) < 4.78 is 99.7. The maximum atomic E-state index is 15.8. The molecule has 0 unspecified atom stereocenters. The minimum absolute atomic E-state index is 0.0315. The summed E-state index contributed by atoms with van der Waals surface area (Å²) in [6.07, 6.45) is -0.527. The molecule has 2 saturated carbocycles. The van der Waals surface area contributed by atoms with Gasteiger partial charge in [0.2, 0.25) is 5.91 Å². The van der Waals surface area contributed by atoms with Gasteiger partial charge in [0.25, 0.3) is 0 Å². The van der Waals surface area contributed by atoms with Crippen molar-refractivity contribution in [3.05, 3.63) is 59.9 Å². The maximum absolute atomic E-state index is 15.8. The zero-order valence-electron chi connectivity index (χ0n) is 22.4. The number of sulfone groups is 2. The van der Waals surface area contributed by atoms with E-state index in [2.05, 4.69) is 22.3 Å². The minimum Gasteiger partial charge on any atom is -0.431 e. The second kappa shape index (κ2) is 11.7. The van der Waals surface area contributed by atoms with Crippen molar-refractivity contribution < 1.29 is 39.5 Å². The third kappa shape index (κ3) is 8.52. The quantitative estimate of drug-likeness (QED) is 0.295. The molecule has 2 fully saturated rings. The number of aliphatic imine (C=N–C) groups is 1. The van der Waals surface area contributed by atoms with Crippen LogP contribution in [0.5, 0.6) is 5.75 Å². The van der Waals surface area contributed by atoms with Crippen LogP contribution in [0, 0.1) is 11.7 Å². The summed E-state index contributed by atoms with van der Waals surface area (Å²) in [7, 11) is -7.42. The molecule has 2 aromatic carbocycles. The van der Waals surface area contributed by atoms with Gasteiger partial charge in [0.15, 0.2) is 19.7 Å². The molecule has 2 N–H and O–H groups in total. The Balaban J connectivity index is 1.65. The number of rotatable bonds is 15. The number of alkyl halides is 2. The van der Waals surface area contributed by atoms with Crippen LogP contribution < -0.4 is 15.4 Å². The first-order valence-electron chi connectivity index (χ1n) is 12.9. The summed E-state index contributed by atoms with van der Waals surface area (Å²) in [6, 6.07) is 4.66. The second-order valence-electron chi connectivity index (χ2n) is 10.8. The van der Waals surface area contributed by atoms with Crippen molar-refractivity contribution in [2.24, 2.45) is 10.9 Å². The average Bonchev–Trinajstić information content (AvgIpc) is 3.81. The predicted octanol–water partition coefficient (Wildman–Crippen LogP) is 3.07. The van der Waals surface area contributed by atoms with Gasteiger partial charge in [0.05, 0.1) is 28.5 Å². The summed E-state index contributed by atoms with van der Waals surface area (Å²) in [4.78, 5) is 17.1. The predicted molar refractivity (Wildman–Crippen MR) is 147 cm³/mol. The van der Waals surface area contributed by atoms with E-state index in [4.69, 9.17) is 4.74 Å². The molecule has 0 radical (unpaired) electrons. The van der Waals surface area contributed by atoms with Crippen molar-refractivity contribution in [3.8, 4) is 5.75 Å². The number of nitrogens with one attached hydrogen (secondary N) is 2. The van der Waals surface area contributed by atoms with Crippen LogP contribution in [0.3, 0.4) is 0 Å². The lowest BCUT2D eigenvalue weighted by atomic mass is 10.0. The van der Waals surface area contributed by atoms with Gasteiger partial charge in [-0.05, 0) is 80.3 Å². The zero-order valence-corrected chi connectivity index (χ0v) is 24.0. The van der Waals surface area contributed by atoms with E-state index in [1.807, 2.05) is 0 Å². The third-order valence-corrected chi connectivity index (χ3v) is 9.94. The molecule has 2 aliphatic rings. The molecule has 9 nitrogen and oxygen atoms in total. The van der Waals surface area contributed by atoms with Gasteiger partial charge < -0.3 is 10.1 Å². The smallest absolute Gasteiger partial charge is 0.417 e. The number of ether oxygens (including phenoxy) is 1. The minimum atomic E-state index is -4.11. The van der Waals surface area contributed by atoms with Crippen LogP contribution in [-0.2, 0) is 24.5 Å². The monoisotopic (exact) mass is 615 g/mol. The van der Waals surface area contributed by atoms with Crippen LogP contribution >= 0.6 is 0 Å². The van der Waals surface area contributed by atoms with E-state index in [0.717, 1.165) is 67.6 Å². The van der Waals surface area contributed by atoms with E-state index < -0.39 is 60.9 Å². The molecule has 224 valence electrons. The Bertz CT molecular complexity index is 1480. The van der Waals surface area contributed by atoms with Crippen molar-refractivity contribution in [1.82, 2.24) is 10.6 Å². The van der Waals surface area contributed by atoms with Gasteiger partial charge >= 0.3 is 6.11 Å². The summed E-state index contributed by atoms with van der Waals surface area (Å²) in [5, 5.41) is 5.24. The number of amides is 1. The largest absolute Gasteiger partial charge is 0.431 e. The van der Waals surface area contributed by atoms with E-state index >= 15 is 8.78 Å². The second-order valence-corrected chi connectivity index (χ2v) is 15.0. The Hall–Kier alpha value is -2.97. The fraction of sp³-hybridized carbons (Fsp3) is 0.481. The number of carbonyl (C=O) groups is 1. The Morgan fingerprint density at radius 3 is 2.22 bits per heavy atom. The highest BCUT2D eigenvalue weighted by molar-refractivity contribution is 7.91. The van der Waals surface area contributed by atoms with Gasteiger partial charge in [-0.3, -0.25) is 15.1 Å². The number of carbonyl (C=O) groups excluding carboxylic acids is 1. The summed E-state index contributed by atoms with van der Waals surface area (Å²) in [6.45, 7) is 3.62. The van der Waals surface area contributed by atoms with Crippen molar-refractivity contribution in [2.45, 2.75) is 54.3 Å². The van der Waals surface area contributed by atoms with Crippen molar-refractivity contribution in [2.75, 3.05) is 24.3 Å². The lowest BCUT2D eigenvalue weighted by molar-refractivity contribution is -0.202. The molecule has 2 aliphatic carbocycles. The summed E-state index contributed by atoms with van der Waals surface area (Å²) in [5.41, 5.74) is -0.888. The third-order valence-electron chi connectivity index (χ3n) is 6.99. The van der Waals surface area contributed by atoms with Crippen molar-refractivity contribution in [3.63, 3.8) is 0 Å². The van der Waals surface area contributed by atoms with Crippen LogP contribution in [0.2, 0.25) is 0 Å². The SMILES string of the molecule is C=NCC1(NC(=O)[C@H](CS(=O)(=O)CC2CC2)N[C@@H](c2ccc(F)cc2)C(F)(F)Oc2ccc(S(C)(=O)=O)cc2)CC1. The van der Waals surface area contributed by atoms with Gasteiger partial charge in [-0.1, -0.05) is 12.1 Å². The standard InChI is InChI=1S/C27H32F3N3O6S2/c1-31-17-26(13-14-26)33-25(34)23(16-41(37,38)15-18-3-4-18)32-24(19-5-7-20(28)8-6-19)27(29,30)39-21-9-11-22(12-10-21)40(2,35)36/h5-12,18,23-24,32H,1,3-4,13-17H2,2H3,(H,33,34)/t23-,24-/m0/s1. The van der Waals surface area contributed by atoms with Gasteiger partial charge in [-0.15, -0.1) is 0 Å². The van der Waals surface area contributed by atoms with Gasteiger partial charge in [-0.25, -0.2) is 21.2 Å². The molecule has 41 heavy (non-hydrogen) atoms. The molecule has 0 spiro atoms. The van der Waals surface area contributed by atoms with Gasteiger partial charge in [-0.2, -0.15) is 8.78 Å². The maximum Gasteiger partial charge on any atom is 0.417 e. The molecule has 0 aromatic heterocycles. The lowest BCUT2D eigenvalue weighted by Crippen LogP contribution is -2.56. The Morgan fingerprint density at radius 1 is 1.10 bits per heavy atom. The molecular formula is C27H32F3N3O6S2. The number of benzene rings is 2. The lowest BCUT2D eigenvalue weighted by Gasteiger charge is -2.32. The van der Waals surface area contributed by atoms with Crippen molar-refractivity contribution >= 4 is 32.3 Å². The molecule has 14 heteroatoms. The number of halogens is 3. The number of hydrogen-bond donors (Lipinski definition) is 2. The van der Waals surface area contributed by atoms with Crippen LogP contribution in [0.25, 0.3) is 0 Å². The first-order chi connectivity index (χ1) is 19.1. The van der Waals surface area contributed by atoms with Crippen LogP contribution in [-0.4, -0.2) is 71.5 Å². The van der Waals surface area contributed by atoms with Gasteiger partial charge in [0.1, 0.15) is 23.7 Å². The molecule has 0 bridgehead atoms. The van der Waals surface area contributed by atoms with E-state index in [-0.39, 0.29) is 34.4 Å². The van der Waals surface area contributed by atoms with Crippen LogP contribution in [0.4, 0.5) is 13.2 Å². The molecule has 1 amide bonds. The fourth-order valence-electron chi connectivity index (χ4n) is 4.42. The summed E-state index contributed by atoms with van der Waals surface area (Å²) in [5.74, 6) is -2.82. The summed E-state index contributed by atoms with van der Waals surface area (Å²) >= 11 is 0. The van der Waals surface area contributed by atoms with E-state index in [0.29, 0.717) is 12.8 Å². The van der Waals surface area contributed by atoms with Crippen LogP contribution in [0.1, 0.15) is 37.3 Å². The van der Waals surface area contributed by atoms with Crippen molar-refractivity contribution in [1.29, 1.82) is 0 Å². The molecule has 2 atom stereocenters.